The maximum absolute atomic E-state index is 13.6. The lowest BCUT2D eigenvalue weighted by Crippen LogP contribution is -2.36. The standard InChI is InChI=1S/C14H20FNO/c15-13-9-5-4-8-12(13)14(10-17)16-11-6-2-1-3-7-11/h4-5,8-9,11,14,16-17H,1-3,6-7,10H2. The summed E-state index contributed by atoms with van der Waals surface area (Å²) in [7, 11) is 0. The van der Waals surface area contributed by atoms with Crippen molar-refractivity contribution in [2.45, 2.75) is 44.2 Å². The number of nitrogens with one attached hydrogen (secondary N) is 1. The Kier molecular flexibility index (Phi) is 4.51. The van der Waals surface area contributed by atoms with E-state index >= 15 is 0 Å². The van der Waals surface area contributed by atoms with Gasteiger partial charge in [0.15, 0.2) is 0 Å². The summed E-state index contributed by atoms with van der Waals surface area (Å²) in [5, 5.41) is 12.8. The van der Waals surface area contributed by atoms with Crippen molar-refractivity contribution in [3.8, 4) is 0 Å². The SMILES string of the molecule is OCC(NC1CCCCC1)c1ccccc1F. The van der Waals surface area contributed by atoms with E-state index in [1.54, 1.807) is 12.1 Å². The Hall–Kier alpha value is -0.930. The molecule has 0 spiro atoms. The van der Waals surface area contributed by atoms with E-state index < -0.39 is 0 Å². The van der Waals surface area contributed by atoms with Crippen LogP contribution in [-0.4, -0.2) is 17.8 Å². The lowest BCUT2D eigenvalue weighted by Gasteiger charge is -2.28. The summed E-state index contributed by atoms with van der Waals surface area (Å²) in [5.74, 6) is -0.241. The summed E-state index contributed by atoms with van der Waals surface area (Å²) in [6.45, 7) is -0.0581. The summed E-state index contributed by atoms with van der Waals surface area (Å²) in [4.78, 5) is 0. The molecule has 2 rings (SSSR count). The third-order valence-electron chi connectivity index (χ3n) is 3.51. The van der Waals surface area contributed by atoms with Gasteiger partial charge < -0.3 is 10.4 Å². The van der Waals surface area contributed by atoms with Crippen molar-refractivity contribution in [3.63, 3.8) is 0 Å². The molecule has 1 aromatic carbocycles. The van der Waals surface area contributed by atoms with Gasteiger partial charge in [-0.3, -0.25) is 0 Å². The van der Waals surface area contributed by atoms with Crippen LogP contribution < -0.4 is 5.32 Å². The molecule has 0 bridgehead atoms. The van der Waals surface area contributed by atoms with Crippen molar-refractivity contribution < 1.29 is 9.50 Å². The summed E-state index contributed by atoms with van der Waals surface area (Å²) >= 11 is 0. The van der Waals surface area contributed by atoms with Gasteiger partial charge in [0.25, 0.3) is 0 Å². The van der Waals surface area contributed by atoms with E-state index in [9.17, 15) is 9.50 Å². The van der Waals surface area contributed by atoms with Gasteiger partial charge >= 0.3 is 0 Å². The highest BCUT2D eigenvalue weighted by Gasteiger charge is 2.20. The Morgan fingerprint density at radius 1 is 1.24 bits per heavy atom. The average Bonchev–Trinajstić information content (AvgIpc) is 2.38. The van der Waals surface area contributed by atoms with Gasteiger partial charge in [-0.2, -0.15) is 0 Å². The predicted molar refractivity (Wildman–Crippen MR) is 66.2 cm³/mol. The quantitative estimate of drug-likeness (QED) is 0.844. The minimum absolute atomic E-state index is 0.0581. The van der Waals surface area contributed by atoms with E-state index in [4.69, 9.17) is 0 Å². The van der Waals surface area contributed by atoms with Crippen LogP contribution in [0.2, 0.25) is 0 Å². The summed E-state index contributed by atoms with van der Waals surface area (Å²) in [5.41, 5.74) is 0.570. The van der Waals surface area contributed by atoms with Crippen molar-refractivity contribution in [3.05, 3.63) is 35.6 Å². The largest absolute Gasteiger partial charge is 0.394 e. The molecule has 1 aliphatic carbocycles. The van der Waals surface area contributed by atoms with Crippen LogP contribution in [-0.2, 0) is 0 Å². The maximum atomic E-state index is 13.6. The van der Waals surface area contributed by atoms with Crippen LogP contribution in [0.5, 0.6) is 0 Å². The lowest BCUT2D eigenvalue weighted by molar-refractivity contribution is 0.217. The molecule has 1 aromatic rings. The molecule has 2 nitrogen and oxygen atoms in total. The van der Waals surface area contributed by atoms with Gasteiger partial charge in [0, 0.05) is 11.6 Å². The number of hydrogen-bond acceptors (Lipinski definition) is 2. The molecule has 1 unspecified atom stereocenters. The Morgan fingerprint density at radius 2 is 1.94 bits per heavy atom. The molecule has 1 atom stereocenters. The second-order valence-corrected chi connectivity index (χ2v) is 4.76. The van der Waals surface area contributed by atoms with Crippen LogP contribution in [0.25, 0.3) is 0 Å². The van der Waals surface area contributed by atoms with E-state index in [0.717, 1.165) is 12.8 Å². The molecule has 0 radical (unpaired) electrons. The van der Waals surface area contributed by atoms with Crippen LogP contribution >= 0.6 is 0 Å². The van der Waals surface area contributed by atoms with Crippen molar-refractivity contribution in [1.29, 1.82) is 0 Å². The molecule has 0 aromatic heterocycles. The molecule has 0 amide bonds. The molecule has 0 heterocycles. The molecule has 17 heavy (non-hydrogen) atoms. The Morgan fingerprint density at radius 3 is 2.59 bits per heavy atom. The van der Waals surface area contributed by atoms with E-state index in [1.807, 2.05) is 6.07 Å². The van der Waals surface area contributed by atoms with Crippen molar-refractivity contribution in [2.75, 3.05) is 6.61 Å². The zero-order chi connectivity index (χ0) is 12.1. The van der Waals surface area contributed by atoms with Gasteiger partial charge in [-0.1, -0.05) is 37.5 Å². The van der Waals surface area contributed by atoms with Gasteiger partial charge in [0.1, 0.15) is 5.82 Å². The van der Waals surface area contributed by atoms with Crippen molar-refractivity contribution in [1.82, 2.24) is 5.32 Å². The first kappa shape index (κ1) is 12.5. The number of aliphatic hydroxyl groups is 1. The number of benzene rings is 1. The van der Waals surface area contributed by atoms with E-state index in [0.29, 0.717) is 11.6 Å². The highest BCUT2D eigenvalue weighted by Crippen LogP contribution is 2.22. The molecule has 0 aliphatic heterocycles. The van der Waals surface area contributed by atoms with Crippen LogP contribution in [0.15, 0.2) is 24.3 Å². The fraction of sp³-hybridized carbons (Fsp3) is 0.571. The second kappa shape index (κ2) is 6.12. The predicted octanol–water partition coefficient (Wildman–Crippen LogP) is 2.78. The number of rotatable bonds is 4. The molecular formula is C14H20FNO. The number of aliphatic hydroxyl groups excluding tert-OH is 1. The zero-order valence-electron chi connectivity index (χ0n) is 10.0. The smallest absolute Gasteiger partial charge is 0.128 e. The topological polar surface area (TPSA) is 32.3 Å². The molecule has 0 saturated heterocycles. The first-order chi connectivity index (χ1) is 8.31. The summed E-state index contributed by atoms with van der Waals surface area (Å²) in [6.07, 6.45) is 6.01. The fourth-order valence-corrected chi connectivity index (χ4v) is 2.55. The lowest BCUT2D eigenvalue weighted by atomic mass is 9.94. The van der Waals surface area contributed by atoms with E-state index in [-0.39, 0.29) is 18.5 Å². The van der Waals surface area contributed by atoms with E-state index in [2.05, 4.69) is 5.32 Å². The normalized spacial score (nSPS) is 19.2. The molecule has 94 valence electrons. The van der Waals surface area contributed by atoms with Gasteiger partial charge in [-0.05, 0) is 18.9 Å². The molecule has 1 fully saturated rings. The molecule has 2 N–H and O–H groups in total. The van der Waals surface area contributed by atoms with Gasteiger partial charge in [0.05, 0.1) is 12.6 Å². The summed E-state index contributed by atoms with van der Waals surface area (Å²) < 4.78 is 13.6. The van der Waals surface area contributed by atoms with Crippen LogP contribution in [0.1, 0.15) is 43.7 Å². The van der Waals surface area contributed by atoms with Gasteiger partial charge in [-0.25, -0.2) is 4.39 Å². The monoisotopic (exact) mass is 237 g/mol. The maximum Gasteiger partial charge on any atom is 0.128 e. The number of hydrogen-bond donors (Lipinski definition) is 2. The van der Waals surface area contributed by atoms with E-state index in [1.165, 1.54) is 25.3 Å². The van der Waals surface area contributed by atoms with Gasteiger partial charge in [-0.15, -0.1) is 0 Å². The minimum atomic E-state index is -0.278. The Bertz CT molecular complexity index is 350. The molecular weight excluding hydrogens is 217 g/mol. The van der Waals surface area contributed by atoms with Crippen LogP contribution in [0, 0.1) is 5.82 Å². The highest BCUT2D eigenvalue weighted by atomic mass is 19.1. The second-order valence-electron chi connectivity index (χ2n) is 4.76. The summed E-state index contributed by atoms with van der Waals surface area (Å²) in [6, 6.07) is 6.81. The third-order valence-corrected chi connectivity index (χ3v) is 3.51. The Balaban J connectivity index is 2.03. The Labute approximate surface area is 102 Å². The zero-order valence-corrected chi connectivity index (χ0v) is 10.0. The number of halogens is 1. The van der Waals surface area contributed by atoms with Crippen LogP contribution in [0.3, 0.4) is 0 Å². The van der Waals surface area contributed by atoms with Gasteiger partial charge in [0.2, 0.25) is 0 Å². The highest BCUT2D eigenvalue weighted by molar-refractivity contribution is 5.21. The van der Waals surface area contributed by atoms with Crippen molar-refractivity contribution in [2.24, 2.45) is 0 Å². The van der Waals surface area contributed by atoms with Crippen LogP contribution in [0.4, 0.5) is 4.39 Å². The first-order valence-electron chi connectivity index (χ1n) is 6.42. The molecule has 1 aliphatic rings. The third kappa shape index (κ3) is 3.27. The molecule has 1 saturated carbocycles. The average molecular weight is 237 g/mol. The van der Waals surface area contributed by atoms with Crippen molar-refractivity contribution >= 4 is 0 Å². The molecule has 3 heteroatoms. The first-order valence-corrected chi connectivity index (χ1v) is 6.42. The fourth-order valence-electron chi connectivity index (χ4n) is 2.55. The minimum Gasteiger partial charge on any atom is -0.394 e.